The van der Waals surface area contributed by atoms with Gasteiger partial charge in [-0.05, 0) is 35.7 Å². The number of nitriles is 1. The number of halogens is 3. The number of hydrogen-bond donors (Lipinski definition) is 1. The summed E-state index contributed by atoms with van der Waals surface area (Å²) in [5, 5.41) is 13.1. The first-order valence-electron chi connectivity index (χ1n) is 6.04. The van der Waals surface area contributed by atoms with Gasteiger partial charge in [0.15, 0.2) is 0 Å². The third-order valence-electron chi connectivity index (χ3n) is 2.64. The van der Waals surface area contributed by atoms with Crippen molar-refractivity contribution in [2.75, 3.05) is 5.32 Å². The van der Waals surface area contributed by atoms with E-state index in [1.165, 1.54) is 29.5 Å². The van der Waals surface area contributed by atoms with Crippen LogP contribution in [0.25, 0.3) is 6.08 Å². The molecule has 2 aromatic rings. The van der Waals surface area contributed by atoms with Gasteiger partial charge in [0.05, 0.1) is 5.56 Å². The third kappa shape index (κ3) is 3.96. The van der Waals surface area contributed by atoms with Gasteiger partial charge in [-0.3, -0.25) is 4.79 Å². The molecule has 0 aliphatic rings. The molecule has 3 nitrogen and oxygen atoms in total. The Balaban J connectivity index is 2.20. The van der Waals surface area contributed by atoms with Crippen LogP contribution < -0.4 is 5.32 Å². The second kappa shape index (κ2) is 6.45. The molecule has 0 aliphatic heterocycles. The number of nitrogens with one attached hydrogen (secondary N) is 1. The number of amides is 1. The van der Waals surface area contributed by atoms with E-state index < -0.39 is 17.6 Å². The van der Waals surface area contributed by atoms with Crippen LogP contribution in [0.1, 0.15) is 10.4 Å². The van der Waals surface area contributed by atoms with E-state index in [1.807, 2.05) is 0 Å². The van der Waals surface area contributed by atoms with E-state index in [9.17, 15) is 18.0 Å². The fourth-order valence-electron chi connectivity index (χ4n) is 1.64. The summed E-state index contributed by atoms with van der Waals surface area (Å²) in [5.74, 6) is -0.754. The minimum absolute atomic E-state index is 0.0212. The van der Waals surface area contributed by atoms with Gasteiger partial charge < -0.3 is 5.32 Å². The van der Waals surface area contributed by atoms with E-state index in [0.29, 0.717) is 4.88 Å². The first kappa shape index (κ1) is 15.8. The molecule has 1 amide bonds. The van der Waals surface area contributed by atoms with Gasteiger partial charge >= 0.3 is 6.18 Å². The van der Waals surface area contributed by atoms with Gasteiger partial charge in [0.2, 0.25) is 0 Å². The fraction of sp³-hybridized carbons (Fsp3) is 0.0667. The number of nitrogens with zero attached hydrogens (tertiary/aromatic N) is 1. The van der Waals surface area contributed by atoms with Crippen LogP contribution in [-0.4, -0.2) is 5.91 Å². The molecular formula is C15H9F3N2OS. The molecule has 1 N–H and O–H groups in total. The first-order valence-corrected chi connectivity index (χ1v) is 6.92. The van der Waals surface area contributed by atoms with E-state index in [2.05, 4.69) is 5.32 Å². The number of alkyl halides is 3. The average molecular weight is 322 g/mol. The van der Waals surface area contributed by atoms with Crippen molar-refractivity contribution in [3.8, 4) is 6.07 Å². The number of carbonyl (C=O) groups is 1. The Hall–Kier alpha value is -2.59. The molecule has 7 heteroatoms. The summed E-state index contributed by atoms with van der Waals surface area (Å²) in [4.78, 5) is 12.7. The molecule has 1 heterocycles. The molecule has 0 radical (unpaired) electrons. The highest BCUT2D eigenvalue weighted by atomic mass is 32.1. The highest BCUT2D eigenvalue weighted by Gasteiger charge is 2.30. The molecule has 22 heavy (non-hydrogen) atoms. The van der Waals surface area contributed by atoms with Crippen molar-refractivity contribution in [2.45, 2.75) is 6.18 Å². The zero-order chi connectivity index (χ0) is 16.2. The van der Waals surface area contributed by atoms with E-state index in [4.69, 9.17) is 5.26 Å². The molecule has 1 aromatic heterocycles. The second-order valence-electron chi connectivity index (χ2n) is 4.22. The quantitative estimate of drug-likeness (QED) is 0.676. The van der Waals surface area contributed by atoms with E-state index in [-0.39, 0.29) is 11.3 Å². The van der Waals surface area contributed by atoms with Crippen molar-refractivity contribution in [1.29, 1.82) is 5.26 Å². The predicted octanol–water partition coefficient (Wildman–Crippen LogP) is 4.31. The van der Waals surface area contributed by atoms with Crippen LogP contribution in [-0.2, 0) is 11.0 Å². The molecule has 2 rings (SSSR count). The molecule has 0 spiro atoms. The summed E-state index contributed by atoms with van der Waals surface area (Å²) in [6.07, 6.45) is -3.11. The fourth-order valence-corrected chi connectivity index (χ4v) is 2.29. The number of anilines is 1. The lowest BCUT2D eigenvalue weighted by Crippen LogP contribution is -2.14. The zero-order valence-corrected chi connectivity index (χ0v) is 11.8. The van der Waals surface area contributed by atoms with Crippen LogP contribution >= 0.6 is 11.3 Å². The van der Waals surface area contributed by atoms with Crippen LogP contribution in [0.3, 0.4) is 0 Å². The maximum absolute atomic E-state index is 12.6. The summed E-state index contributed by atoms with van der Waals surface area (Å²) in [6, 6.07) is 9.46. The topological polar surface area (TPSA) is 52.9 Å². The lowest BCUT2D eigenvalue weighted by atomic mass is 10.1. The molecule has 0 aliphatic carbocycles. The summed E-state index contributed by atoms with van der Waals surface area (Å²) in [6.45, 7) is 0. The van der Waals surface area contributed by atoms with E-state index in [0.717, 1.165) is 12.1 Å². The van der Waals surface area contributed by atoms with Crippen LogP contribution in [0, 0.1) is 11.3 Å². The van der Waals surface area contributed by atoms with Gasteiger partial charge in [0.25, 0.3) is 5.91 Å². The lowest BCUT2D eigenvalue weighted by Gasteiger charge is -2.09. The molecule has 0 saturated heterocycles. The Kier molecular flexibility index (Phi) is 4.63. The number of thiophene rings is 1. The first-order chi connectivity index (χ1) is 10.4. The standard InChI is InChI=1S/C15H9F3N2OS/c16-15(17,18)11-3-1-4-12(8-11)20-14(21)10(9-19)7-13-5-2-6-22-13/h1-8H,(H,20,21)/b10-7-. The Labute approximate surface area is 128 Å². The number of benzene rings is 1. The number of carbonyl (C=O) groups excluding carboxylic acids is 1. The molecule has 0 atom stereocenters. The third-order valence-corrected chi connectivity index (χ3v) is 3.46. The summed E-state index contributed by atoms with van der Waals surface area (Å²) < 4.78 is 37.8. The molecule has 0 bridgehead atoms. The van der Waals surface area contributed by atoms with Crippen molar-refractivity contribution in [2.24, 2.45) is 0 Å². The highest BCUT2D eigenvalue weighted by Crippen LogP contribution is 2.30. The van der Waals surface area contributed by atoms with Crippen molar-refractivity contribution in [3.63, 3.8) is 0 Å². The summed E-state index contributed by atoms with van der Waals surface area (Å²) >= 11 is 1.34. The zero-order valence-electron chi connectivity index (χ0n) is 11.0. The smallest absolute Gasteiger partial charge is 0.321 e. The van der Waals surface area contributed by atoms with Crippen molar-refractivity contribution >= 4 is 29.0 Å². The molecular weight excluding hydrogens is 313 g/mol. The van der Waals surface area contributed by atoms with Gasteiger partial charge in [-0.2, -0.15) is 18.4 Å². The van der Waals surface area contributed by atoms with Gasteiger partial charge in [0, 0.05) is 10.6 Å². The number of rotatable bonds is 3. The van der Waals surface area contributed by atoms with Crippen LogP contribution in [0.2, 0.25) is 0 Å². The van der Waals surface area contributed by atoms with Gasteiger partial charge in [0.1, 0.15) is 11.6 Å². The average Bonchev–Trinajstić information content (AvgIpc) is 2.97. The SMILES string of the molecule is N#C/C(=C/c1cccs1)C(=O)Nc1cccc(C(F)(F)F)c1. The van der Waals surface area contributed by atoms with Gasteiger partial charge in [-0.25, -0.2) is 0 Å². The minimum Gasteiger partial charge on any atom is -0.321 e. The largest absolute Gasteiger partial charge is 0.416 e. The normalized spacial score (nSPS) is 11.8. The summed E-state index contributed by atoms with van der Waals surface area (Å²) in [5.41, 5.74) is -1.07. The minimum atomic E-state index is -4.49. The maximum Gasteiger partial charge on any atom is 0.416 e. The monoisotopic (exact) mass is 322 g/mol. The van der Waals surface area contributed by atoms with Gasteiger partial charge in [-0.15, -0.1) is 11.3 Å². The second-order valence-corrected chi connectivity index (χ2v) is 5.20. The Morgan fingerprint density at radius 1 is 1.27 bits per heavy atom. The maximum atomic E-state index is 12.6. The molecule has 0 fully saturated rings. The summed E-state index contributed by atoms with van der Waals surface area (Å²) in [7, 11) is 0. The lowest BCUT2D eigenvalue weighted by molar-refractivity contribution is -0.137. The number of hydrogen-bond acceptors (Lipinski definition) is 3. The van der Waals surface area contributed by atoms with Crippen LogP contribution in [0.15, 0.2) is 47.4 Å². The van der Waals surface area contributed by atoms with E-state index in [1.54, 1.807) is 23.6 Å². The van der Waals surface area contributed by atoms with Crippen LogP contribution in [0.5, 0.6) is 0 Å². The highest BCUT2D eigenvalue weighted by molar-refractivity contribution is 7.10. The van der Waals surface area contributed by atoms with Crippen molar-refractivity contribution in [3.05, 3.63) is 57.8 Å². The molecule has 1 aromatic carbocycles. The van der Waals surface area contributed by atoms with Crippen molar-refractivity contribution in [1.82, 2.24) is 0 Å². The molecule has 0 saturated carbocycles. The van der Waals surface area contributed by atoms with E-state index >= 15 is 0 Å². The molecule has 112 valence electrons. The van der Waals surface area contributed by atoms with Gasteiger partial charge in [-0.1, -0.05) is 12.1 Å². The molecule has 0 unspecified atom stereocenters. The van der Waals surface area contributed by atoms with Crippen molar-refractivity contribution < 1.29 is 18.0 Å². The van der Waals surface area contributed by atoms with Crippen LogP contribution in [0.4, 0.5) is 18.9 Å². The Morgan fingerprint density at radius 2 is 2.05 bits per heavy atom. The Morgan fingerprint density at radius 3 is 2.64 bits per heavy atom. The predicted molar refractivity (Wildman–Crippen MR) is 78.0 cm³/mol. The Bertz CT molecular complexity index is 743.